The van der Waals surface area contributed by atoms with Crippen molar-refractivity contribution in [2.75, 3.05) is 0 Å². The van der Waals surface area contributed by atoms with E-state index in [9.17, 15) is 19.2 Å². The van der Waals surface area contributed by atoms with Crippen molar-refractivity contribution < 1.29 is 48.7 Å². The molecule has 160 valence electrons. The van der Waals surface area contributed by atoms with Crippen molar-refractivity contribution in [2.24, 2.45) is 0 Å². The maximum absolute atomic E-state index is 12.2. The van der Waals surface area contributed by atoms with Gasteiger partial charge in [0, 0.05) is 0 Å². The molecule has 6 heteroatoms. The molecule has 0 spiro atoms. The molecule has 0 unspecified atom stereocenters. The molecule has 0 aliphatic carbocycles. The Labute approximate surface area is 220 Å². The van der Waals surface area contributed by atoms with Crippen molar-refractivity contribution in [3.63, 3.8) is 0 Å². The molecule has 4 aromatic carbocycles. The van der Waals surface area contributed by atoms with Crippen LogP contribution in [0.1, 0.15) is 41.4 Å². The molecule has 0 atom stereocenters. The second-order valence-electron chi connectivity index (χ2n) is 7.85. The van der Waals surface area contributed by atoms with E-state index in [1.165, 1.54) is 0 Å². The Hall–Kier alpha value is -3.38. The van der Waals surface area contributed by atoms with Crippen LogP contribution >= 0.6 is 0 Å². The normalized spacial score (nSPS) is 10.6. The zero-order valence-electron chi connectivity index (χ0n) is 18.8. The summed E-state index contributed by atoms with van der Waals surface area (Å²) >= 11 is 0. The molecular weight excluding hydrogens is 434 g/mol. The molecular formula is C28H20BNaO4. The van der Waals surface area contributed by atoms with Crippen molar-refractivity contribution in [1.29, 1.82) is 0 Å². The Bertz CT molecular complexity index is 1150. The molecule has 0 N–H and O–H groups in total. The second kappa shape index (κ2) is 11.2. The second-order valence-corrected chi connectivity index (χ2v) is 7.85. The average Bonchev–Trinajstić information content (AvgIpc) is 2.90. The molecule has 4 nitrogen and oxygen atoms in total. The van der Waals surface area contributed by atoms with Crippen molar-refractivity contribution in [2.45, 2.75) is 0 Å². The first-order chi connectivity index (χ1) is 16.2. The summed E-state index contributed by atoms with van der Waals surface area (Å²) in [7, 11) is 0. The standard InChI is InChI=1S/C28H20BO4.Na/c30-17-21-9-1-5-13-25(21)29(26-14-6-2-10-22(26)18-31,27-15-7-3-11-23(27)19-32)28-16-8-4-12-24(28)20-33;/h1-20H;/q-1;+1. The van der Waals surface area contributed by atoms with Gasteiger partial charge in [0.1, 0.15) is 31.3 Å². The fourth-order valence-corrected chi connectivity index (χ4v) is 5.06. The van der Waals surface area contributed by atoms with Gasteiger partial charge in [0.05, 0.1) is 0 Å². The molecule has 0 saturated carbocycles. The Morgan fingerprint density at radius 1 is 0.382 bits per heavy atom. The molecule has 0 aromatic heterocycles. The fraction of sp³-hybridized carbons (Fsp3) is 0. The van der Waals surface area contributed by atoms with Crippen LogP contribution in [0.25, 0.3) is 0 Å². The third-order valence-corrected chi connectivity index (χ3v) is 6.36. The molecule has 0 aliphatic rings. The van der Waals surface area contributed by atoms with E-state index >= 15 is 0 Å². The fourth-order valence-electron chi connectivity index (χ4n) is 5.06. The summed E-state index contributed by atoms with van der Waals surface area (Å²) in [5.74, 6) is 0. The van der Waals surface area contributed by atoms with Crippen LogP contribution in [0.2, 0.25) is 0 Å². The predicted octanol–water partition coefficient (Wildman–Crippen LogP) is -0.682. The maximum atomic E-state index is 12.2. The third kappa shape index (κ3) is 4.14. The van der Waals surface area contributed by atoms with Crippen molar-refractivity contribution in [3.05, 3.63) is 119 Å². The van der Waals surface area contributed by atoms with Gasteiger partial charge in [-0.3, -0.25) is 19.2 Å². The van der Waals surface area contributed by atoms with E-state index < -0.39 is 6.15 Å². The first-order valence-electron chi connectivity index (χ1n) is 10.6. The van der Waals surface area contributed by atoms with Crippen molar-refractivity contribution >= 4 is 53.1 Å². The van der Waals surface area contributed by atoms with Crippen molar-refractivity contribution in [3.8, 4) is 0 Å². The zero-order chi connectivity index (χ0) is 23.3. The van der Waals surface area contributed by atoms with Gasteiger partial charge in [-0.15, -0.1) is 0 Å². The molecule has 0 radical (unpaired) electrons. The van der Waals surface area contributed by atoms with Gasteiger partial charge in [0.15, 0.2) is 0 Å². The van der Waals surface area contributed by atoms with Crippen LogP contribution in [0, 0.1) is 0 Å². The predicted molar refractivity (Wildman–Crippen MR) is 132 cm³/mol. The summed E-state index contributed by atoms with van der Waals surface area (Å²) in [6.07, 6.45) is 0.788. The number of hydrogen-bond donors (Lipinski definition) is 0. The first-order valence-corrected chi connectivity index (χ1v) is 10.6. The van der Waals surface area contributed by atoms with E-state index in [0.29, 0.717) is 44.1 Å². The summed E-state index contributed by atoms with van der Waals surface area (Å²) in [4.78, 5) is 48.9. The van der Waals surface area contributed by atoms with Gasteiger partial charge < -0.3 is 0 Å². The van der Waals surface area contributed by atoms with Crippen LogP contribution in [0.15, 0.2) is 97.1 Å². The zero-order valence-corrected chi connectivity index (χ0v) is 20.8. The quantitative estimate of drug-likeness (QED) is 0.262. The van der Waals surface area contributed by atoms with E-state index in [1.807, 2.05) is 48.5 Å². The molecule has 0 aliphatic heterocycles. The maximum Gasteiger partial charge on any atom is 1.00 e. The molecule has 4 aromatic rings. The van der Waals surface area contributed by atoms with Gasteiger partial charge in [-0.05, 0) is 22.3 Å². The molecule has 0 saturated heterocycles. The van der Waals surface area contributed by atoms with E-state index in [4.69, 9.17) is 0 Å². The van der Waals surface area contributed by atoms with Crippen LogP contribution in [0.4, 0.5) is 0 Å². The summed E-state index contributed by atoms with van der Waals surface area (Å²) < 4.78 is 0. The van der Waals surface area contributed by atoms with Gasteiger partial charge in [0.25, 0.3) is 0 Å². The van der Waals surface area contributed by atoms with Gasteiger partial charge in [-0.25, -0.2) is 0 Å². The number of carbonyl (C=O) groups is 4. The smallest absolute Gasteiger partial charge is 0.298 e. The Kier molecular flexibility index (Phi) is 8.29. The Balaban J connectivity index is 0.00000324. The van der Waals surface area contributed by atoms with E-state index in [1.54, 1.807) is 48.5 Å². The van der Waals surface area contributed by atoms with Crippen LogP contribution in [-0.2, 0) is 0 Å². The molecule has 0 bridgehead atoms. The Morgan fingerprint density at radius 3 is 0.794 bits per heavy atom. The summed E-state index contributed by atoms with van der Waals surface area (Å²) in [5, 5.41) is 0. The molecule has 0 amide bonds. The van der Waals surface area contributed by atoms with Crippen LogP contribution in [0.3, 0.4) is 0 Å². The minimum absolute atomic E-state index is 0. The third-order valence-electron chi connectivity index (χ3n) is 6.36. The van der Waals surface area contributed by atoms with Crippen molar-refractivity contribution in [1.82, 2.24) is 0 Å². The topological polar surface area (TPSA) is 68.3 Å². The minimum atomic E-state index is -2.28. The van der Waals surface area contributed by atoms with Gasteiger partial charge >= 0.3 is 29.6 Å². The molecule has 4 rings (SSSR count). The molecule has 0 fully saturated rings. The van der Waals surface area contributed by atoms with Gasteiger partial charge in [0.2, 0.25) is 0 Å². The molecule has 0 heterocycles. The number of carbonyl (C=O) groups excluding carboxylic acids is 4. The van der Waals surface area contributed by atoms with Crippen LogP contribution < -0.4 is 51.4 Å². The monoisotopic (exact) mass is 454 g/mol. The minimum Gasteiger partial charge on any atom is -0.298 e. The number of hydrogen-bond acceptors (Lipinski definition) is 4. The average molecular weight is 454 g/mol. The van der Waals surface area contributed by atoms with Crippen LogP contribution in [-0.4, -0.2) is 31.3 Å². The summed E-state index contributed by atoms with van der Waals surface area (Å²) in [6, 6.07) is 28.4. The Morgan fingerprint density at radius 2 is 0.588 bits per heavy atom. The van der Waals surface area contributed by atoms with E-state index in [2.05, 4.69) is 0 Å². The van der Waals surface area contributed by atoms with Gasteiger partial charge in [-0.1, -0.05) is 97.1 Å². The first kappa shape index (κ1) is 25.3. The molecule has 34 heavy (non-hydrogen) atoms. The number of benzene rings is 4. The van der Waals surface area contributed by atoms with E-state index in [0.717, 1.165) is 25.1 Å². The van der Waals surface area contributed by atoms with E-state index in [-0.39, 0.29) is 29.6 Å². The number of aldehydes is 4. The largest absolute Gasteiger partial charge is 1.00 e. The number of rotatable bonds is 8. The summed E-state index contributed by atoms with van der Waals surface area (Å²) in [6.45, 7) is 0. The SMILES string of the molecule is O=Cc1ccccc1[B-](c1ccccc1C=O)(c1ccccc1C=O)c1ccccc1C=O.[Na+]. The summed E-state index contributed by atoms with van der Waals surface area (Å²) in [5.41, 5.74) is 4.19. The van der Waals surface area contributed by atoms with Crippen LogP contribution in [0.5, 0.6) is 0 Å². The van der Waals surface area contributed by atoms with Gasteiger partial charge in [-0.2, -0.15) is 21.9 Å².